The van der Waals surface area contributed by atoms with Crippen LogP contribution in [0, 0.1) is 23.7 Å². The first-order chi connectivity index (χ1) is 29.5. The van der Waals surface area contributed by atoms with E-state index in [0.29, 0.717) is 17.9 Å². The Kier molecular flexibility index (Phi) is 16.3. The summed E-state index contributed by atoms with van der Waals surface area (Å²) in [6.45, 7) is 19.8. The molecule has 1 aromatic rings. The lowest BCUT2D eigenvalue weighted by atomic mass is 9.73. The number of amides is 3. The van der Waals surface area contributed by atoms with Crippen molar-refractivity contribution in [3.8, 4) is 0 Å². The van der Waals surface area contributed by atoms with Gasteiger partial charge in [0.25, 0.3) is 0 Å². The van der Waals surface area contributed by atoms with Crippen LogP contribution in [0.2, 0.25) is 5.02 Å². The van der Waals surface area contributed by atoms with Crippen molar-refractivity contribution in [2.45, 2.75) is 174 Å². The number of nitrogens with zero attached hydrogens (tertiary/aromatic N) is 3. The number of likely N-dealkylation sites (N-methyl/N-ethyl adjacent to an activating group) is 1. The molecule has 0 aliphatic carbocycles. The van der Waals surface area contributed by atoms with Crippen molar-refractivity contribution < 1.29 is 62.2 Å². The van der Waals surface area contributed by atoms with Crippen LogP contribution >= 0.6 is 11.6 Å². The minimum Gasteiger partial charge on any atom is -0.458 e. The maximum Gasteiger partial charge on any atom is 0.419 e. The van der Waals surface area contributed by atoms with Gasteiger partial charge in [-0.2, -0.15) is 0 Å². The van der Waals surface area contributed by atoms with Gasteiger partial charge in [0.15, 0.2) is 11.9 Å². The molecule has 0 saturated carbocycles. The molecule has 0 bridgehead atoms. The van der Waals surface area contributed by atoms with E-state index in [2.05, 4.69) is 4.90 Å². The zero-order valence-electron chi connectivity index (χ0n) is 39.2. The van der Waals surface area contributed by atoms with Gasteiger partial charge in [-0.25, -0.2) is 19.3 Å². The second-order valence-electron chi connectivity index (χ2n) is 18.9. The van der Waals surface area contributed by atoms with Gasteiger partial charge in [0.1, 0.15) is 30.7 Å². The van der Waals surface area contributed by atoms with E-state index in [4.69, 9.17) is 44.8 Å². The van der Waals surface area contributed by atoms with Gasteiger partial charge in [-0.3, -0.25) is 19.4 Å². The second kappa shape index (κ2) is 20.3. The highest BCUT2D eigenvalue weighted by Crippen LogP contribution is 2.44. The number of halogens is 1. The number of ether oxygens (including phenoxy) is 7. The Labute approximate surface area is 377 Å². The fraction of sp³-hybridized carbons (Fsp3) is 0.761. The molecule has 1 N–H and O–H groups in total. The molecule has 4 heterocycles. The van der Waals surface area contributed by atoms with Crippen LogP contribution in [0.25, 0.3) is 0 Å². The summed E-state index contributed by atoms with van der Waals surface area (Å²) in [6, 6.07) is 5.47. The number of cyclic esters (lactones) is 2. The topological polar surface area (TPSA) is 180 Å². The summed E-state index contributed by atoms with van der Waals surface area (Å²) in [5.41, 5.74) is -1.95. The summed E-state index contributed by atoms with van der Waals surface area (Å²) in [6.07, 6.45) is -7.58. The van der Waals surface area contributed by atoms with Crippen LogP contribution in [0.4, 0.5) is 14.4 Å². The molecule has 4 fully saturated rings. The molecule has 354 valence electrons. The first-order valence-electron chi connectivity index (χ1n) is 22.4. The maximum atomic E-state index is 15.0. The highest BCUT2D eigenvalue weighted by molar-refractivity contribution is 6.30. The Morgan fingerprint density at radius 1 is 1.02 bits per heavy atom. The number of carbonyl (C=O) groups excluding carboxylic acids is 5. The number of esters is 1. The summed E-state index contributed by atoms with van der Waals surface area (Å²) in [7, 11) is 3.41. The number of methoxy groups -OCH3 is 1. The van der Waals surface area contributed by atoms with E-state index in [1.165, 1.54) is 7.11 Å². The Bertz CT molecular complexity index is 1800. The quantitative estimate of drug-likeness (QED) is 0.195. The van der Waals surface area contributed by atoms with Gasteiger partial charge in [0.05, 0.1) is 35.8 Å². The largest absolute Gasteiger partial charge is 0.458 e. The smallest absolute Gasteiger partial charge is 0.419 e. The van der Waals surface area contributed by atoms with Crippen molar-refractivity contribution in [3.05, 3.63) is 34.9 Å². The number of carbonyl (C=O) groups is 5. The van der Waals surface area contributed by atoms with Crippen molar-refractivity contribution >= 4 is 41.6 Å². The number of hydrogen-bond donors (Lipinski definition) is 1. The van der Waals surface area contributed by atoms with Crippen molar-refractivity contribution in [2.24, 2.45) is 23.7 Å². The Hall–Kier alpha value is -3.54. The standard InChI is InChI=1S/C46H70ClN3O13/c1-14-34-46(11)38(49(42(54)63-46)20-19-31-15-17-32(47)18-16-31)28(7)35(51)25(4)22-45(10,57-13)39(62-41-36(52)33(21-27(6)59-41)48(12)24(2)3)29(8)37(30(9)40(53)60-34)61-44(56)50-26(5)23-58-43(50)55/h15-18,24-30,33-34,36-39,41,52H,14,19-23H2,1-13H3/t25-,26+,27-,28+,29+,30-,33+,34-,36-,37+,38-,39-,41+,45+,46-/m1/s1. The molecule has 3 amide bonds. The summed E-state index contributed by atoms with van der Waals surface area (Å²) < 4.78 is 43.4. The van der Waals surface area contributed by atoms with Crippen LogP contribution in [0.1, 0.15) is 101 Å². The number of ketones is 1. The lowest BCUT2D eigenvalue weighted by Gasteiger charge is -2.49. The molecule has 0 radical (unpaired) electrons. The van der Waals surface area contributed by atoms with Gasteiger partial charge in [0, 0.05) is 48.5 Å². The van der Waals surface area contributed by atoms with E-state index in [1.807, 2.05) is 40.0 Å². The number of benzene rings is 1. The zero-order valence-corrected chi connectivity index (χ0v) is 40.0. The Balaban J connectivity index is 1.62. The summed E-state index contributed by atoms with van der Waals surface area (Å²) in [5.74, 6) is -4.68. The monoisotopic (exact) mass is 907 g/mol. The third kappa shape index (κ3) is 10.5. The van der Waals surface area contributed by atoms with E-state index in [0.717, 1.165) is 10.5 Å². The Morgan fingerprint density at radius 2 is 1.67 bits per heavy atom. The molecule has 0 aromatic heterocycles. The van der Waals surface area contributed by atoms with Crippen molar-refractivity contribution in [2.75, 3.05) is 27.3 Å². The number of rotatable bonds is 10. The first kappa shape index (κ1) is 50.5. The number of hydrogen-bond acceptors (Lipinski definition) is 14. The highest BCUT2D eigenvalue weighted by Gasteiger charge is 2.61. The predicted molar refractivity (Wildman–Crippen MR) is 232 cm³/mol. The van der Waals surface area contributed by atoms with Gasteiger partial charge in [-0.1, -0.05) is 51.4 Å². The predicted octanol–water partition coefficient (Wildman–Crippen LogP) is 6.64. The number of Topliss-reactive ketones (excluding diaryl/α,β-unsaturated/α-hetero) is 1. The second-order valence-corrected chi connectivity index (χ2v) is 19.4. The third-order valence-electron chi connectivity index (χ3n) is 14.1. The molecule has 4 aliphatic heterocycles. The van der Waals surface area contributed by atoms with Crippen LogP contribution in [0.5, 0.6) is 0 Å². The SMILES string of the molecule is CC[C@H]1OC(=O)[C@H](C)[C@@H](OC(=O)N2C(=O)OC[C@@H]2C)[C@H](C)[C@@H](O[C@@H]2O[C@H](C)C[C@H](N(C)C(C)C)[C@H]2O)[C@@](C)(OC)C[C@@H](C)C(=O)[C@H](C)[C@H]2N(CCc3ccc(Cl)cc3)C(=O)O[C@]12C. The zero-order chi connectivity index (χ0) is 46.9. The number of imide groups is 1. The molecule has 5 rings (SSSR count). The van der Waals surface area contributed by atoms with Crippen molar-refractivity contribution in [1.82, 2.24) is 14.7 Å². The Morgan fingerprint density at radius 3 is 2.24 bits per heavy atom. The summed E-state index contributed by atoms with van der Waals surface area (Å²) in [4.78, 5) is 74.9. The lowest BCUT2D eigenvalue weighted by Crippen LogP contribution is -2.61. The van der Waals surface area contributed by atoms with E-state index < -0.39 is 102 Å². The molecule has 16 nitrogen and oxygen atoms in total. The van der Waals surface area contributed by atoms with Crippen molar-refractivity contribution in [3.63, 3.8) is 0 Å². The highest BCUT2D eigenvalue weighted by atomic mass is 35.5. The van der Waals surface area contributed by atoms with E-state index in [9.17, 15) is 29.1 Å². The molecule has 0 unspecified atom stereocenters. The fourth-order valence-electron chi connectivity index (χ4n) is 10.2. The summed E-state index contributed by atoms with van der Waals surface area (Å²) >= 11 is 6.15. The number of fused-ring (bicyclic) bond motifs is 1. The normalized spacial score (nSPS) is 38.3. The first-order valence-corrected chi connectivity index (χ1v) is 22.8. The van der Waals surface area contributed by atoms with E-state index >= 15 is 0 Å². The molecule has 4 saturated heterocycles. The molecule has 1 aromatic carbocycles. The molecule has 4 aliphatic rings. The minimum atomic E-state index is -1.49. The van der Waals surface area contributed by atoms with Gasteiger partial charge in [-0.15, -0.1) is 0 Å². The molecular weight excluding hydrogens is 838 g/mol. The molecule has 0 spiro atoms. The summed E-state index contributed by atoms with van der Waals surface area (Å²) in [5, 5.41) is 12.5. The van der Waals surface area contributed by atoms with Gasteiger partial charge in [0.2, 0.25) is 0 Å². The fourth-order valence-corrected chi connectivity index (χ4v) is 10.3. The van der Waals surface area contributed by atoms with E-state index in [1.54, 1.807) is 72.4 Å². The average molecular weight is 909 g/mol. The van der Waals surface area contributed by atoms with Crippen molar-refractivity contribution in [1.29, 1.82) is 0 Å². The minimum absolute atomic E-state index is 0.0436. The van der Waals surface area contributed by atoms with Gasteiger partial charge < -0.3 is 38.3 Å². The van der Waals surface area contributed by atoms with Gasteiger partial charge >= 0.3 is 24.2 Å². The van der Waals surface area contributed by atoms with Crippen LogP contribution < -0.4 is 0 Å². The third-order valence-corrected chi connectivity index (χ3v) is 14.3. The van der Waals surface area contributed by atoms with Crippen LogP contribution in [0.3, 0.4) is 0 Å². The molecule has 15 atom stereocenters. The van der Waals surface area contributed by atoms with E-state index in [-0.39, 0.29) is 50.0 Å². The number of aliphatic hydroxyl groups excluding tert-OH is 1. The maximum absolute atomic E-state index is 15.0. The average Bonchev–Trinajstić information content (AvgIpc) is 3.71. The van der Waals surface area contributed by atoms with Crippen LogP contribution in [-0.4, -0.2) is 149 Å². The molecular formula is C46H70ClN3O13. The van der Waals surface area contributed by atoms with Crippen LogP contribution in [0.15, 0.2) is 24.3 Å². The number of aliphatic hydroxyl groups is 1. The van der Waals surface area contributed by atoms with Gasteiger partial charge in [-0.05, 0) is 98.9 Å². The molecule has 17 heteroatoms. The molecule has 63 heavy (non-hydrogen) atoms. The lowest BCUT2D eigenvalue weighted by molar-refractivity contribution is -0.302. The van der Waals surface area contributed by atoms with Crippen LogP contribution in [-0.2, 0) is 49.2 Å².